The van der Waals surface area contributed by atoms with Crippen LogP contribution in [0.5, 0.6) is 0 Å². The number of rotatable bonds is 5. The molecule has 118 valence electrons. The molecule has 0 amide bonds. The van der Waals surface area contributed by atoms with Crippen molar-refractivity contribution >= 4 is 5.97 Å². The van der Waals surface area contributed by atoms with Crippen LogP contribution in [0.1, 0.15) is 46.1 Å². The normalized spacial score (nSPS) is 17.7. The molecule has 1 rings (SSSR count). The number of ether oxygens (including phenoxy) is 1. The Labute approximate surface area is 123 Å². The predicted octanol–water partition coefficient (Wildman–Crippen LogP) is 4.83. The van der Waals surface area contributed by atoms with E-state index in [1.54, 1.807) is 44.2 Å². The molecule has 21 heavy (non-hydrogen) atoms. The summed E-state index contributed by atoms with van der Waals surface area (Å²) in [5.41, 5.74) is -2.88. The van der Waals surface area contributed by atoms with Gasteiger partial charge < -0.3 is 4.74 Å². The van der Waals surface area contributed by atoms with Gasteiger partial charge in [0.15, 0.2) is 5.41 Å². The van der Waals surface area contributed by atoms with Crippen LogP contribution < -0.4 is 0 Å². The summed E-state index contributed by atoms with van der Waals surface area (Å²) in [4.78, 5) is 12.1. The Kier molecular flexibility index (Phi) is 5.07. The fourth-order valence-corrected chi connectivity index (χ4v) is 1.90. The first-order valence-electron chi connectivity index (χ1n) is 6.96. The second kappa shape index (κ2) is 6.08. The second-order valence-corrected chi connectivity index (χ2v) is 5.52. The van der Waals surface area contributed by atoms with Gasteiger partial charge in [0, 0.05) is 0 Å². The number of hydrogen-bond donors (Lipinski definition) is 0. The van der Waals surface area contributed by atoms with Gasteiger partial charge in [0.05, 0.1) is 0 Å². The summed E-state index contributed by atoms with van der Waals surface area (Å²) in [6.45, 7) is 5.63. The van der Waals surface area contributed by atoms with E-state index in [0.29, 0.717) is 12.0 Å². The van der Waals surface area contributed by atoms with Crippen molar-refractivity contribution in [3.05, 3.63) is 35.9 Å². The van der Waals surface area contributed by atoms with Crippen LogP contribution in [-0.2, 0) is 15.1 Å². The second-order valence-electron chi connectivity index (χ2n) is 5.52. The zero-order valence-corrected chi connectivity index (χ0v) is 12.8. The number of halogens is 3. The van der Waals surface area contributed by atoms with Crippen molar-refractivity contribution in [2.24, 2.45) is 5.41 Å². The maximum Gasteiger partial charge on any atom is 0.404 e. The van der Waals surface area contributed by atoms with E-state index in [2.05, 4.69) is 0 Å². The van der Waals surface area contributed by atoms with Gasteiger partial charge in [0.2, 0.25) is 0 Å². The third-order valence-corrected chi connectivity index (χ3v) is 4.16. The Balaban J connectivity index is 3.09. The lowest BCUT2D eigenvalue weighted by Gasteiger charge is -2.35. The summed E-state index contributed by atoms with van der Waals surface area (Å²) < 4.78 is 44.7. The zero-order valence-electron chi connectivity index (χ0n) is 12.8. The average Bonchev–Trinajstić information content (AvgIpc) is 2.45. The molecule has 0 aromatic heterocycles. The van der Waals surface area contributed by atoms with E-state index in [0.717, 1.165) is 6.92 Å². The summed E-state index contributed by atoms with van der Waals surface area (Å²) in [5.74, 6) is -1.23. The quantitative estimate of drug-likeness (QED) is 0.728. The summed E-state index contributed by atoms with van der Waals surface area (Å²) in [6, 6.07) is 8.81. The lowest BCUT2D eigenvalue weighted by atomic mass is 9.85. The molecule has 0 heterocycles. The largest absolute Gasteiger partial charge is 0.454 e. The van der Waals surface area contributed by atoms with Gasteiger partial charge in [0.1, 0.15) is 5.60 Å². The van der Waals surface area contributed by atoms with E-state index < -0.39 is 23.2 Å². The summed E-state index contributed by atoms with van der Waals surface area (Å²) in [7, 11) is 0. The Morgan fingerprint density at radius 2 is 1.57 bits per heavy atom. The molecular formula is C16H21F3O2. The van der Waals surface area contributed by atoms with Crippen LogP contribution in [0, 0.1) is 5.41 Å². The molecule has 0 N–H and O–H groups in total. The molecule has 5 heteroatoms. The molecule has 0 bridgehead atoms. The Morgan fingerprint density at radius 1 is 1.05 bits per heavy atom. The number of esters is 1. The molecule has 0 fully saturated rings. The molecule has 0 aliphatic rings. The topological polar surface area (TPSA) is 26.3 Å². The molecular weight excluding hydrogens is 281 g/mol. The van der Waals surface area contributed by atoms with Crippen LogP contribution in [0.3, 0.4) is 0 Å². The van der Waals surface area contributed by atoms with Crippen molar-refractivity contribution in [3.8, 4) is 0 Å². The molecule has 2 nitrogen and oxygen atoms in total. The lowest BCUT2D eigenvalue weighted by molar-refractivity contribution is -0.238. The van der Waals surface area contributed by atoms with Gasteiger partial charge in [-0.2, -0.15) is 13.2 Å². The smallest absolute Gasteiger partial charge is 0.404 e. The van der Waals surface area contributed by atoms with E-state index in [-0.39, 0.29) is 6.42 Å². The van der Waals surface area contributed by atoms with Crippen LogP contribution in [0.25, 0.3) is 0 Å². The minimum absolute atomic E-state index is 0.357. The van der Waals surface area contributed by atoms with Gasteiger partial charge in [-0.1, -0.05) is 44.2 Å². The summed E-state index contributed by atoms with van der Waals surface area (Å²) in [5, 5.41) is 0. The average molecular weight is 302 g/mol. The zero-order chi connectivity index (χ0) is 16.3. The molecule has 0 aliphatic carbocycles. The highest BCUT2D eigenvalue weighted by molar-refractivity contribution is 5.78. The number of alkyl halides is 3. The van der Waals surface area contributed by atoms with Gasteiger partial charge in [0.25, 0.3) is 0 Å². The Bertz CT molecular complexity index is 484. The summed E-state index contributed by atoms with van der Waals surface area (Å²) >= 11 is 0. The van der Waals surface area contributed by atoms with Crippen molar-refractivity contribution < 1.29 is 22.7 Å². The van der Waals surface area contributed by atoms with Crippen molar-refractivity contribution in [1.29, 1.82) is 0 Å². The van der Waals surface area contributed by atoms with Gasteiger partial charge in [-0.25, -0.2) is 0 Å². The van der Waals surface area contributed by atoms with Crippen molar-refractivity contribution in [2.75, 3.05) is 0 Å². The molecule has 2 unspecified atom stereocenters. The van der Waals surface area contributed by atoms with Gasteiger partial charge in [-0.05, 0) is 32.3 Å². The van der Waals surface area contributed by atoms with Crippen LogP contribution in [0.15, 0.2) is 30.3 Å². The fraction of sp³-hybridized carbons (Fsp3) is 0.562. The molecule has 0 saturated carbocycles. The lowest BCUT2D eigenvalue weighted by Crippen LogP contribution is -2.46. The predicted molar refractivity (Wildman–Crippen MR) is 74.6 cm³/mol. The first kappa shape index (κ1) is 17.5. The van der Waals surface area contributed by atoms with E-state index in [1.165, 1.54) is 6.92 Å². The summed E-state index contributed by atoms with van der Waals surface area (Å²) in [6.07, 6.45) is -4.60. The van der Waals surface area contributed by atoms with Gasteiger partial charge >= 0.3 is 12.1 Å². The minimum Gasteiger partial charge on any atom is -0.454 e. The van der Waals surface area contributed by atoms with Crippen LogP contribution in [0.4, 0.5) is 13.2 Å². The maximum atomic E-state index is 13.1. The minimum atomic E-state index is -4.63. The van der Waals surface area contributed by atoms with Crippen molar-refractivity contribution in [3.63, 3.8) is 0 Å². The van der Waals surface area contributed by atoms with Crippen LogP contribution in [-0.4, -0.2) is 12.1 Å². The standard InChI is InChI=1S/C16H21F3O2/c1-5-14(3,16(17,18)19)13(20)21-15(4,6-2)12-10-8-7-9-11-12/h7-11H,5-6H2,1-4H3. The fourth-order valence-electron chi connectivity index (χ4n) is 1.90. The van der Waals surface area contributed by atoms with E-state index >= 15 is 0 Å². The van der Waals surface area contributed by atoms with Crippen molar-refractivity contribution in [2.45, 2.75) is 52.3 Å². The Morgan fingerprint density at radius 3 is 1.95 bits per heavy atom. The number of carbonyl (C=O) groups excluding carboxylic acids is 1. The van der Waals surface area contributed by atoms with Crippen molar-refractivity contribution in [1.82, 2.24) is 0 Å². The van der Waals surface area contributed by atoms with Crippen LogP contribution >= 0.6 is 0 Å². The van der Waals surface area contributed by atoms with Gasteiger partial charge in [-0.15, -0.1) is 0 Å². The molecule has 0 aliphatic heterocycles. The third kappa shape index (κ3) is 3.39. The van der Waals surface area contributed by atoms with Gasteiger partial charge in [-0.3, -0.25) is 4.79 Å². The highest BCUT2D eigenvalue weighted by Gasteiger charge is 2.57. The van der Waals surface area contributed by atoms with E-state index in [1.807, 2.05) is 0 Å². The number of benzene rings is 1. The molecule has 1 aromatic rings. The SMILES string of the molecule is CCC(C)(OC(=O)C(C)(CC)C(F)(F)F)c1ccccc1. The first-order valence-corrected chi connectivity index (χ1v) is 6.96. The molecule has 1 aromatic carbocycles. The highest BCUT2D eigenvalue weighted by Crippen LogP contribution is 2.43. The number of carbonyl (C=O) groups is 1. The monoisotopic (exact) mass is 302 g/mol. The number of hydrogen-bond acceptors (Lipinski definition) is 2. The van der Waals surface area contributed by atoms with Crippen LogP contribution in [0.2, 0.25) is 0 Å². The molecule has 0 radical (unpaired) electrons. The van der Waals surface area contributed by atoms with E-state index in [4.69, 9.17) is 4.74 Å². The third-order valence-electron chi connectivity index (χ3n) is 4.16. The first-order chi connectivity index (χ1) is 9.60. The molecule has 0 saturated heterocycles. The van der Waals surface area contributed by atoms with E-state index in [9.17, 15) is 18.0 Å². The maximum absolute atomic E-state index is 13.1. The highest BCUT2D eigenvalue weighted by atomic mass is 19.4. The molecule has 2 atom stereocenters. The Hall–Kier alpha value is -1.52. The molecule has 0 spiro atoms.